The lowest BCUT2D eigenvalue weighted by Crippen LogP contribution is -2.31. The van der Waals surface area contributed by atoms with Crippen molar-refractivity contribution in [2.45, 2.75) is 25.4 Å². The zero-order valence-electron chi connectivity index (χ0n) is 14.3. The first-order chi connectivity index (χ1) is 11.8. The van der Waals surface area contributed by atoms with Crippen LogP contribution in [0, 0.1) is 0 Å². The Bertz CT molecular complexity index is 873. The van der Waals surface area contributed by atoms with Crippen LogP contribution in [-0.4, -0.2) is 22.8 Å². The Hall–Kier alpha value is -2.02. The SMILES string of the molecule is CNC(C(C)O)n1cc(-c2ccc(C(F)(F)F)cc2)c2ccccc21.Cl. The van der Waals surface area contributed by atoms with Crippen molar-refractivity contribution in [3.8, 4) is 11.1 Å². The average molecular weight is 385 g/mol. The van der Waals surface area contributed by atoms with E-state index in [0.29, 0.717) is 5.56 Å². The first-order valence-corrected chi connectivity index (χ1v) is 7.95. The highest BCUT2D eigenvalue weighted by Gasteiger charge is 2.30. The van der Waals surface area contributed by atoms with Crippen LogP contribution in [0.3, 0.4) is 0 Å². The summed E-state index contributed by atoms with van der Waals surface area (Å²) in [6, 6.07) is 12.8. The number of para-hydroxylation sites is 1. The topological polar surface area (TPSA) is 37.2 Å². The number of rotatable bonds is 4. The van der Waals surface area contributed by atoms with Crippen molar-refractivity contribution in [1.29, 1.82) is 0 Å². The number of nitrogens with one attached hydrogen (secondary N) is 1. The van der Waals surface area contributed by atoms with Crippen molar-refractivity contribution in [3.63, 3.8) is 0 Å². The molecular formula is C19H20ClF3N2O. The van der Waals surface area contributed by atoms with Gasteiger partial charge in [-0.15, -0.1) is 12.4 Å². The third-order valence-electron chi connectivity index (χ3n) is 4.32. The molecule has 3 nitrogen and oxygen atoms in total. The van der Waals surface area contributed by atoms with Gasteiger partial charge in [-0.1, -0.05) is 30.3 Å². The second-order valence-corrected chi connectivity index (χ2v) is 6.02. The number of nitrogens with zero attached hydrogens (tertiary/aromatic N) is 1. The van der Waals surface area contributed by atoms with Gasteiger partial charge in [0, 0.05) is 17.1 Å². The minimum Gasteiger partial charge on any atom is -0.390 e. The number of likely N-dealkylation sites (N-methyl/N-ethyl adjacent to an activating group) is 1. The van der Waals surface area contributed by atoms with Gasteiger partial charge in [-0.05, 0) is 37.7 Å². The molecule has 0 bridgehead atoms. The van der Waals surface area contributed by atoms with E-state index >= 15 is 0 Å². The second kappa shape index (κ2) is 7.70. The Morgan fingerprint density at radius 1 is 1.04 bits per heavy atom. The van der Waals surface area contributed by atoms with Crippen LogP contribution < -0.4 is 5.32 Å². The van der Waals surface area contributed by atoms with Gasteiger partial charge in [0.15, 0.2) is 0 Å². The molecule has 3 aromatic rings. The van der Waals surface area contributed by atoms with Crippen LogP contribution in [0.4, 0.5) is 13.2 Å². The molecule has 2 unspecified atom stereocenters. The molecular weight excluding hydrogens is 365 g/mol. The summed E-state index contributed by atoms with van der Waals surface area (Å²) in [5.41, 5.74) is 1.75. The summed E-state index contributed by atoms with van der Waals surface area (Å²) in [4.78, 5) is 0. The first kappa shape index (κ1) is 20.3. The van der Waals surface area contributed by atoms with E-state index in [1.54, 1.807) is 14.0 Å². The highest BCUT2D eigenvalue weighted by Crippen LogP contribution is 2.35. The van der Waals surface area contributed by atoms with Gasteiger partial charge in [-0.3, -0.25) is 5.32 Å². The number of aliphatic hydroxyl groups excluding tert-OH is 1. The molecule has 0 aliphatic rings. The van der Waals surface area contributed by atoms with Crippen LogP contribution in [0.2, 0.25) is 0 Å². The maximum absolute atomic E-state index is 12.8. The summed E-state index contributed by atoms with van der Waals surface area (Å²) in [7, 11) is 1.75. The van der Waals surface area contributed by atoms with Crippen LogP contribution >= 0.6 is 12.4 Å². The molecule has 0 aliphatic carbocycles. The fraction of sp³-hybridized carbons (Fsp3) is 0.263. The van der Waals surface area contributed by atoms with Crippen LogP contribution in [0.15, 0.2) is 54.7 Å². The number of halogens is 4. The van der Waals surface area contributed by atoms with Crippen molar-refractivity contribution < 1.29 is 18.3 Å². The van der Waals surface area contributed by atoms with E-state index < -0.39 is 17.8 Å². The molecule has 0 saturated heterocycles. The monoisotopic (exact) mass is 384 g/mol. The lowest BCUT2D eigenvalue weighted by molar-refractivity contribution is -0.137. The van der Waals surface area contributed by atoms with E-state index in [1.807, 2.05) is 35.0 Å². The minimum absolute atomic E-state index is 0. The van der Waals surface area contributed by atoms with Gasteiger partial charge in [0.2, 0.25) is 0 Å². The molecule has 2 atom stereocenters. The molecule has 3 rings (SSSR count). The molecule has 1 aromatic heterocycles. The predicted molar refractivity (Wildman–Crippen MR) is 99.4 cm³/mol. The fourth-order valence-electron chi connectivity index (χ4n) is 3.12. The maximum Gasteiger partial charge on any atom is 0.416 e. The largest absolute Gasteiger partial charge is 0.416 e. The summed E-state index contributed by atoms with van der Waals surface area (Å²) in [6.07, 6.45) is -3.47. The van der Waals surface area contributed by atoms with E-state index in [-0.39, 0.29) is 18.6 Å². The second-order valence-electron chi connectivity index (χ2n) is 6.02. The Morgan fingerprint density at radius 3 is 2.19 bits per heavy atom. The van der Waals surface area contributed by atoms with Crippen LogP contribution in [0.5, 0.6) is 0 Å². The molecule has 26 heavy (non-hydrogen) atoms. The standard InChI is InChI=1S/C19H19F3N2O.ClH/c1-12(25)18(23-2)24-11-16(15-5-3-4-6-17(15)24)13-7-9-14(10-8-13)19(20,21)22;/h3-12,18,23,25H,1-2H3;1H. The van der Waals surface area contributed by atoms with Gasteiger partial charge in [0.1, 0.15) is 6.17 Å². The highest BCUT2D eigenvalue weighted by molar-refractivity contribution is 5.96. The summed E-state index contributed by atoms with van der Waals surface area (Å²) < 4.78 is 40.2. The maximum atomic E-state index is 12.8. The van der Waals surface area contributed by atoms with E-state index in [4.69, 9.17) is 0 Å². The van der Waals surface area contributed by atoms with Crippen LogP contribution in [-0.2, 0) is 6.18 Å². The third-order valence-corrected chi connectivity index (χ3v) is 4.32. The zero-order chi connectivity index (χ0) is 18.2. The zero-order valence-corrected chi connectivity index (χ0v) is 15.1. The Labute approximate surface area is 155 Å². The molecule has 0 spiro atoms. The fourth-order valence-corrected chi connectivity index (χ4v) is 3.12. The molecule has 0 aliphatic heterocycles. The quantitative estimate of drug-likeness (QED) is 0.674. The van der Waals surface area contributed by atoms with Crippen molar-refractivity contribution in [1.82, 2.24) is 9.88 Å². The third kappa shape index (κ3) is 3.72. The number of hydrogen-bond donors (Lipinski definition) is 2. The lowest BCUT2D eigenvalue weighted by atomic mass is 10.0. The smallest absolute Gasteiger partial charge is 0.390 e. The molecule has 0 saturated carbocycles. The van der Waals surface area contributed by atoms with E-state index in [2.05, 4.69) is 5.32 Å². The Balaban J connectivity index is 0.00000243. The number of hydrogen-bond acceptors (Lipinski definition) is 2. The summed E-state index contributed by atoms with van der Waals surface area (Å²) >= 11 is 0. The molecule has 2 aromatic carbocycles. The highest BCUT2D eigenvalue weighted by atomic mass is 35.5. The van der Waals surface area contributed by atoms with E-state index in [1.165, 1.54) is 12.1 Å². The molecule has 2 N–H and O–H groups in total. The summed E-state index contributed by atoms with van der Waals surface area (Å²) in [6.45, 7) is 1.69. The number of benzene rings is 2. The van der Waals surface area contributed by atoms with Crippen LogP contribution in [0.25, 0.3) is 22.0 Å². The van der Waals surface area contributed by atoms with Crippen LogP contribution in [0.1, 0.15) is 18.7 Å². The molecule has 0 radical (unpaired) electrons. The van der Waals surface area contributed by atoms with Crippen molar-refractivity contribution in [2.24, 2.45) is 0 Å². The Morgan fingerprint density at radius 2 is 1.65 bits per heavy atom. The molecule has 0 amide bonds. The van der Waals surface area contributed by atoms with E-state index in [9.17, 15) is 18.3 Å². The predicted octanol–water partition coefficient (Wildman–Crippen LogP) is 4.85. The molecule has 0 fully saturated rings. The lowest BCUT2D eigenvalue weighted by Gasteiger charge is -2.22. The Kier molecular flexibility index (Phi) is 6.01. The molecule has 140 valence electrons. The van der Waals surface area contributed by atoms with Gasteiger partial charge in [0.05, 0.1) is 17.2 Å². The van der Waals surface area contributed by atoms with E-state index in [0.717, 1.165) is 28.6 Å². The van der Waals surface area contributed by atoms with Gasteiger partial charge in [0.25, 0.3) is 0 Å². The average Bonchev–Trinajstić information content (AvgIpc) is 2.94. The number of fused-ring (bicyclic) bond motifs is 1. The number of aliphatic hydroxyl groups is 1. The van der Waals surface area contributed by atoms with Gasteiger partial charge in [-0.2, -0.15) is 13.2 Å². The van der Waals surface area contributed by atoms with Crippen molar-refractivity contribution >= 4 is 23.3 Å². The number of alkyl halides is 3. The first-order valence-electron chi connectivity index (χ1n) is 7.95. The van der Waals surface area contributed by atoms with Gasteiger partial charge < -0.3 is 9.67 Å². The van der Waals surface area contributed by atoms with Gasteiger partial charge >= 0.3 is 6.18 Å². The normalized spacial score (nSPS) is 14.1. The number of aromatic nitrogens is 1. The molecule has 1 heterocycles. The van der Waals surface area contributed by atoms with Crippen molar-refractivity contribution in [3.05, 3.63) is 60.3 Å². The minimum atomic E-state index is -4.35. The van der Waals surface area contributed by atoms with Gasteiger partial charge in [-0.25, -0.2) is 0 Å². The summed E-state index contributed by atoms with van der Waals surface area (Å²) in [5.74, 6) is 0. The van der Waals surface area contributed by atoms with Crippen molar-refractivity contribution in [2.75, 3.05) is 7.05 Å². The molecule has 7 heteroatoms. The summed E-state index contributed by atoms with van der Waals surface area (Å²) in [5, 5.41) is 14.0.